The van der Waals surface area contributed by atoms with Gasteiger partial charge < -0.3 is 9.64 Å². The molecule has 0 fully saturated rings. The minimum absolute atomic E-state index is 0.0527. The summed E-state index contributed by atoms with van der Waals surface area (Å²) in [4.78, 5) is 2.31. The van der Waals surface area contributed by atoms with Gasteiger partial charge in [-0.2, -0.15) is 0 Å². The Hall–Kier alpha value is -2.03. The molecule has 0 bridgehead atoms. The Labute approximate surface area is 130 Å². The van der Waals surface area contributed by atoms with Gasteiger partial charge in [0.25, 0.3) is 0 Å². The van der Waals surface area contributed by atoms with Crippen molar-refractivity contribution in [1.29, 1.82) is 0 Å². The molecule has 4 rings (SSSR count). The number of methoxy groups -OCH3 is 1. The highest BCUT2D eigenvalue weighted by Crippen LogP contribution is 2.48. The molecule has 0 radical (unpaired) electrons. The topological polar surface area (TPSA) is 12.5 Å². The molecule has 2 atom stereocenters. The molecule has 114 valence electrons. The van der Waals surface area contributed by atoms with Gasteiger partial charge in [0.05, 0.1) is 12.8 Å². The molecule has 0 amide bonds. The molecule has 0 spiro atoms. The molecule has 22 heavy (non-hydrogen) atoms. The third kappa shape index (κ3) is 1.99. The van der Waals surface area contributed by atoms with Gasteiger partial charge in [0, 0.05) is 30.5 Å². The van der Waals surface area contributed by atoms with E-state index in [-0.39, 0.29) is 5.83 Å². The van der Waals surface area contributed by atoms with Crippen LogP contribution in [0, 0.1) is 0 Å². The van der Waals surface area contributed by atoms with Crippen molar-refractivity contribution in [3.05, 3.63) is 65.3 Å². The lowest BCUT2D eigenvalue weighted by molar-refractivity contribution is 0.266. The molecule has 0 saturated heterocycles. The van der Waals surface area contributed by atoms with Crippen LogP contribution in [0.15, 0.2) is 59.8 Å². The summed E-state index contributed by atoms with van der Waals surface area (Å²) in [6, 6.07) is 8.85. The average Bonchev–Trinajstić information content (AvgIpc) is 2.89. The van der Waals surface area contributed by atoms with Crippen LogP contribution in [0.1, 0.15) is 37.2 Å². The smallest absolute Gasteiger partial charge is 0.120 e. The van der Waals surface area contributed by atoms with Crippen molar-refractivity contribution in [3.8, 4) is 0 Å². The third-order valence-electron chi connectivity index (χ3n) is 4.95. The Kier molecular flexibility index (Phi) is 3.29. The molecular formula is C19H20FNO. The second-order valence-electron chi connectivity index (χ2n) is 6.13. The predicted octanol–water partition coefficient (Wildman–Crippen LogP) is 4.81. The Morgan fingerprint density at radius 1 is 1.23 bits per heavy atom. The molecule has 2 unspecified atom stereocenters. The zero-order chi connectivity index (χ0) is 15.1. The van der Waals surface area contributed by atoms with Crippen LogP contribution >= 0.6 is 0 Å². The highest BCUT2D eigenvalue weighted by Gasteiger charge is 2.40. The largest absolute Gasteiger partial charge is 0.499 e. The van der Waals surface area contributed by atoms with E-state index in [0.717, 1.165) is 24.3 Å². The highest BCUT2D eigenvalue weighted by molar-refractivity contribution is 5.69. The number of hydrogen-bond donors (Lipinski definition) is 0. The van der Waals surface area contributed by atoms with Crippen molar-refractivity contribution in [2.45, 2.75) is 37.6 Å². The lowest BCUT2D eigenvalue weighted by Crippen LogP contribution is -2.35. The lowest BCUT2D eigenvalue weighted by atomic mass is 9.87. The summed E-state index contributed by atoms with van der Waals surface area (Å²) in [5, 5.41) is 0. The average molecular weight is 297 g/mol. The van der Waals surface area contributed by atoms with E-state index < -0.39 is 0 Å². The van der Waals surface area contributed by atoms with Crippen molar-refractivity contribution in [3.63, 3.8) is 0 Å². The van der Waals surface area contributed by atoms with Gasteiger partial charge in [0.1, 0.15) is 11.6 Å². The van der Waals surface area contributed by atoms with Crippen LogP contribution in [-0.2, 0) is 4.74 Å². The van der Waals surface area contributed by atoms with Gasteiger partial charge in [0.15, 0.2) is 0 Å². The first kappa shape index (κ1) is 13.6. The fourth-order valence-corrected chi connectivity index (χ4v) is 3.97. The van der Waals surface area contributed by atoms with E-state index in [2.05, 4.69) is 41.3 Å². The number of benzene rings is 1. The molecule has 2 aliphatic carbocycles. The molecule has 2 nitrogen and oxygen atoms in total. The molecule has 0 N–H and O–H groups in total. The number of nitrogens with zero attached hydrogens (tertiary/aromatic N) is 1. The van der Waals surface area contributed by atoms with Crippen LogP contribution < -0.4 is 4.90 Å². The summed E-state index contributed by atoms with van der Waals surface area (Å²) in [5.74, 6) is 1.24. The molecule has 1 aliphatic heterocycles. The van der Waals surface area contributed by atoms with Crippen LogP contribution in [-0.4, -0.2) is 13.2 Å². The summed E-state index contributed by atoms with van der Waals surface area (Å²) in [7, 11) is 1.69. The molecule has 1 aromatic rings. The molecule has 3 heteroatoms. The number of rotatable bonds is 2. The fourth-order valence-electron chi connectivity index (χ4n) is 3.97. The summed E-state index contributed by atoms with van der Waals surface area (Å²) in [6.07, 6.45) is 9.49. The van der Waals surface area contributed by atoms with Gasteiger partial charge in [-0.15, -0.1) is 0 Å². The van der Waals surface area contributed by atoms with Gasteiger partial charge >= 0.3 is 0 Å². The third-order valence-corrected chi connectivity index (χ3v) is 4.95. The van der Waals surface area contributed by atoms with E-state index in [4.69, 9.17) is 4.74 Å². The van der Waals surface area contributed by atoms with E-state index in [0.29, 0.717) is 24.8 Å². The number of ether oxygens (including phenoxy) is 1. The number of halogens is 1. The van der Waals surface area contributed by atoms with Crippen molar-refractivity contribution in [2.24, 2.45) is 0 Å². The number of allylic oxidation sites excluding steroid dienone is 4. The van der Waals surface area contributed by atoms with Gasteiger partial charge in [-0.3, -0.25) is 0 Å². The molecule has 1 heterocycles. The van der Waals surface area contributed by atoms with E-state index in [1.165, 1.54) is 11.3 Å². The number of hydrogen-bond acceptors (Lipinski definition) is 2. The van der Waals surface area contributed by atoms with E-state index in [1.807, 2.05) is 0 Å². The summed E-state index contributed by atoms with van der Waals surface area (Å²) in [6.45, 7) is 0. The van der Waals surface area contributed by atoms with Crippen molar-refractivity contribution in [1.82, 2.24) is 0 Å². The number of fused-ring (bicyclic) bond motifs is 3. The lowest BCUT2D eigenvalue weighted by Gasteiger charge is -2.34. The van der Waals surface area contributed by atoms with Crippen molar-refractivity contribution >= 4 is 5.69 Å². The summed E-state index contributed by atoms with van der Waals surface area (Å²) >= 11 is 0. The Morgan fingerprint density at radius 3 is 2.95 bits per heavy atom. The van der Waals surface area contributed by atoms with Crippen LogP contribution in [0.2, 0.25) is 0 Å². The van der Waals surface area contributed by atoms with Crippen LogP contribution in [0.25, 0.3) is 0 Å². The van der Waals surface area contributed by atoms with Crippen LogP contribution in [0.3, 0.4) is 0 Å². The Morgan fingerprint density at radius 2 is 2.09 bits per heavy atom. The van der Waals surface area contributed by atoms with Crippen molar-refractivity contribution in [2.75, 3.05) is 12.0 Å². The van der Waals surface area contributed by atoms with E-state index in [9.17, 15) is 4.39 Å². The number of anilines is 1. The van der Waals surface area contributed by atoms with Gasteiger partial charge in [-0.25, -0.2) is 4.39 Å². The monoisotopic (exact) mass is 297 g/mol. The maximum absolute atomic E-state index is 13.9. The summed E-state index contributed by atoms with van der Waals surface area (Å²) < 4.78 is 19.5. The molecule has 1 aromatic carbocycles. The predicted molar refractivity (Wildman–Crippen MR) is 86.3 cm³/mol. The zero-order valence-corrected chi connectivity index (χ0v) is 12.8. The standard InChI is InChI=1S/C19H20FNO/c1-22-19-11-10-13(20)12-18(19)21-16-8-4-2-6-14(16)15-7-3-5-9-17(15)21/h2-4,6-8,12,15,17H,5,9-11H2,1H3. The second kappa shape index (κ2) is 5.31. The first-order valence-electron chi connectivity index (χ1n) is 7.97. The first-order valence-corrected chi connectivity index (χ1v) is 7.97. The maximum atomic E-state index is 13.9. The first-order chi connectivity index (χ1) is 10.8. The van der Waals surface area contributed by atoms with Gasteiger partial charge in [-0.1, -0.05) is 30.4 Å². The van der Waals surface area contributed by atoms with E-state index in [1.54, 1.807) is 13.2 Å². The maximum Gasteiger partial charge on any atom is 0.120 e. The molecule has 0 aromatic heterocycles. The molecule has 0 saturated carbocycles. The van der Waals surface area contributed by atoms with Crippen LogP contribution in [0.5, 0.6) is 0 Å². The minimum Gasteiger partial charge on any atom is -0.499 e. The zero-order valence-electron chi connectivity index (χ0n) is 12.8. The minimum atomic E-state index is -0.0527. The van der Waals surface area contributed by atoms with Crippen molar-refractivity contribution < 1.29 is 9.13 Å². The Balaban J connectivity index is 1.87. The molecular weight excluding hydrogens is 277 g/mol. The fraction of sp³-hybridized carbons (Fsp3) is 0.368. The Bertz CT molecular complexity index is 688. The van der Waals surface area contributed by atoms with Crippen LogP contribution in [0.4, 0.5) is 10.1 Å². The quantitative estimate of drug-likeness (QED) is 0.726. The number of para-hydroxylation sites is 1. The van der Waals surface area contributed by atoms with Gasteiger partial charge in [-0.05, 0) is 30.5 Å². The molecule has 3 aliphatic rings. The second-order valence-corrected chi connectivity index (χ2v) is 6.13. The SMILES string of the molecule is COC1=C(N2c3ccccc3C3C=CCCC32)C=C(F)CC1. The van der Waals surface area contributed by atoms with E-state index >= 15 is 0 Å². The normalized spacial score (nSPS) is 26.6. The highest BCUT2D eigenvalue weighted by atomic mass is 19.1. The summed E-state index contributed by atoms with van der Waals surface area (Å²) in [5.41, 5.74) is 3.44. The van der Waals surface area contributed by atoms with Gasteiger partial charge in [0.2, 0.25) is 0 Å².